The lowest BCUT2D eigenvalue weighted by atomic mass is 10.3. The first kappa shape index (κ1) is 13.1. The van der Waals surface area contributed by atoms with Crippen LogP contribution in [0.3, 0.4) is 0 Å². The van der Waals surface area contributed by atoms with Crippen LogP contribution < -0.4 is 9.47 Å². The fraction of sp³-hybridized carbons (Fsp3) is 0.333. The van der Waals surface area contributed by atoms with Gasteiger partial charge in [-0.3, -0.25) is 0 Å². The molecule has 0 radical (unpaired) electrons. The summed E-state index contributed by atoms with van der Waals surface area (Å²) in [6.07, 6.45) is 1.15. The van der Waals surface area contributed by atoms with Gasteiger partial charge in [-0.25, -0.2) is 0 Å². The summed E-state index contributed by atoms with van der Waals surface area (Å²) in [6.45, 7) is 4.25. The topological polar surface area (TPSA) is 38.7 Å². The van der Waals surface area contributed by atoms with Gasteiger partial charge in [0.1, 0.15) is 13.2 Å². The van der Waals surface area contributed by atoms with Crippen molar-refractivity contribution in [1.29, 1.82) is 0 Å². The molecule has 0 fully saturated rings. The molecule has 1 unspecified atom stereocenters. The summed E-state index contributed by atoms with van der Waals surface area (Å²) < 4.78 is 10.9. The molecule has 0 heterocycles. The van der Waals surface area contributed by atoms with Gasteiger partial charge < -0.3 is 14.6 Å². The standard InChI is InChI=1S/C12H15BrO3/c1-2-7-15-11-5-3-4-6-12(11)16-9-10(14)8-13/h2-6,10,14H,1,7-9H2. The first-order valence-corrected chi connectivity index (χ1v) is 6.09. The highest BCUT2D eigenvalue weighted by atomic mass is 79.9. The summed E-state index contributed by atoms with van der Waals surface area (Å²) in [7, 11) is 0. The summed E-state index contributed by atoms with van der Waals surface area (Å²) in [6, 6.07) is 7.35. The molecule has 1 rings (SSSR count). The van der Waals surface area contributed by atoms with E-state index < -0.39 is 6.10 Å². The fourth-order valence-electron chi connectivity index (χ4n) is 1.07. The highest BCUT2D eigenvalue weighted by Crippen LogP contribution is 2.26. The molecule has 1 aromatic rings. The van der Waals surface area contributed by atoms with E-state index in [0.717, 1.165) is 0 Å². The van der Waals surface area contributed by atoms with E-state index in [9.17, 15) is 5.11 Å². The lowest BCUT2D eigenvalue weighted by Gasteiger charge is -2.13. The highest BCUT2D eigenvalue weighted by molar-refractivity contribution is 9.09. The van der Waals surface area contributed by atoms with Crippen molar-refractivity contribution >= 4 is 15.9 Å². The van der Waals surface area contributed by atoms with Crippen molar-refractivity contribution in [3.05, 3.63) is 36.9 Å². The molecular weight excluding hydrogens is 272 g/mol. The molecule has 1 aromatic carbocycles. The smallest absolute Gasteiger partial charge is 0.161 e. The molecule has 4 heteroatoms. The van der Waals surface area contributed by atoms with Crippen LogP contribution in [0.2, 0.25) is 0 Å². The number of ether oxygens (including phenoxy) is 2. The number of para-hydroxylation sites is 2. The molecule has 0 saturated heterocycles. The summed E-state index contributed by atoms with van der Waals surface area (Å²) in [5.41, 5.74) is 0. The van der Waals surface area contributed by atoms with Crippen LogP contribution in [0, 0.1) is 0 Å². The number of aliphatic hydroxyl groups is 1. The zero-order chi connectivity index (χ0) is 11.8. The molecule has 3 nitrogen and oxygen atoms in total. The summed E-state index contributed by atoms with van der Waals surface area (Å²) in [4.78, 5) is 0. The third-order valence-corrected chi connectivity index (χ3v) is 2.56. The molecule has 88 valence electrons. The van der Waals surface area contributed by atoms with Gasteiger partial charge in [-0.05, 0) is 12.1 Å². The maximum atomic E-state index is 9.36. The molecular formula is C12H15BrO3. The SMILES string of the molecule is C=CCOc1ccccc1OCC(O)CBr. The van der Waals surface area contributed by atoms with E-state index in [1.54, 1.807) is 12.1 Å². The minimum Gasteiger partial charge on any atom is -0.487 e. The lowest BCUT2D eigenvalue weighted by molar-refractivity contribution is 0.124. The van der Waals surface area contributed by atoms with Crippen LogP contribution in [0.1, 0.15) is 0 Å². The zero-order valence-corrected chi connectivity index (χ0v) is 10.5. The molecule has 0 aromatic heterocycles. The van der Waals surface area contributed by atoms with E-state index in [1.165, 1.54) is 0 Å². The summed E-state index contributed by atoms with van der Waals surface area (Å²) >= 11 is 3.17. The predicted octanol–water partition coefficient (Wildman–Crippen LogP) is 2.39. The van der Waals surface area contributed by atoms with Crippen molar-refractivity contribution < 1.29 is 14.6 Å². The van der Waals surface area contributed by atoms with Crippen LogP contribution in [0.5, 0.6) is 11.5 Å². The third kappa shape index (κ3) is 4.24. The van der Waals surface area contributed by atoms with Crippen molar-refractivity contribution in [1.82, 2.24) is 0 Å². The van der Waals surface area contributed by atoms with Crippen molar-refractivity contribution in [2.24, 2.45) is 0 Å². The first-order valence-electron chi connectivity index (χ1n) is 4.97. The Morgan fingerprint density at radius 2 is 1.94 bits per heavy atom. The Kier molecular flexibility index (Phi) is 5.96. The Morgan fingerprint density at radius 1 is 1.31 bits per heavy atom. The van der Waals surface area contributed by atoms with Crippen molar-refractivity contribution in [2.75, 3.05) is 18.5 Å². The number of rotatable bonds is 7. The first-order chi connectivity index (χ1) is 7.77. The monoisotopic (exact) mass is 286 g/mol. The maximum Gasteiger partial charge on any atom is 0.161 e. The number of hydrogen-bond donors (Lipinski definition) is 1. The summed E-state index contributed by atoms with van der Waals surface area (Å²) in [5.74, 6) is 1.29. The van der Waals surface area contributed by atoms with Gasteiger partial charge >= 0.3 is 0 Å². The van der Waals surface area contributed by atoms with Gasteiger partial charge in [0.2, 0.25) is 0 Å². The van der Waals surface area contributed by atoms with E-state index in [4.69, 9.17) is 9.47 Å². The minimum atomic E-state index is -0.521. The third-order valence-electron chi connectivity index (χ3n) is 1.82. The largest absolute Gasteiger partial charge is 0.487 e. The molecule has 16 heavy (non-hydrogen) atoms. The molecule has 1 atom stereocenters. The molecule has 0 amide bonds. The Morgan fingerprint density at radius 3 is 2.50 bits per heavy atom. The number of halogens is 1. The normalized spacial score (nSPS) is 11.9. The van der Waals surface area contributed by atoms with Crippen LogP contribution in [-0.4, -0.2) is 29.8 Å². The van der Waals surface area contributed by atoms with E-state index in [0.29, 0.717) is 23.4 Å². The van der Waals surface area contributed by atoms with Gasteiger partial charge in [-0.15, -0.1) is 0 Å². The molecule has 0 aliphatic heterocycles. The van der Waals surface area contributed by atoms with Crippen molar-refractivity contribution in [2.45, 2.75) is 6.10 Å². The average Bonchev–Trinajstić information content (AvgIpc) is 2.34. The van der Waals surface area contributed by atoms with E-state index in [-0.39, 0.29) is 6.61 Å². The van der Waals surface area contributed by atoms with E-state index in [1.807, 2.05) is 18.2 Å². The molecule has 1 N–H and O–H groups in total. The molecule has 0 bridgehead atoms. The van der Waals surface area contributed by atoms with Gasteiger partial charge in [0.15, 0.2) is 11.5 Å². The number of hydrogen-bond acceptors (Lipinski definition) is 3. The second-order valence-corrected chi connectivity index (χ2v) is 3.81. The van der Waals surface area contributed by atoms with Crippen molar-refractivity contribution in [3.63, 3.8) is 0 Å². The van der Waals surface area contributed by atoms with Crippen LogP contribution in [0.25, 0.3) is 0 Å². The second-order valence-electron chi connectivity index (χ2n) is 3.17. The zero-order valence-electron chi connectivity index (χ0n) is 8.93. The second kappa shape index (κ2) is 7.30. The van der Waals surface area contributed by atoms with Gasteiger partial charge in [0.05, 0.1) is 6.10 Å². The van der Waals surface area contributed by atoms with Crippen LogP contribution in [-0.2, 0) is 0 Å². The van der Waals surface area contributed by atoms with E-state index >= 15 is 0 Å². The highest BCUT2D eigenvalue weighted by Gasteiger charge is 2.06. The van der Waals surface area contributed by atoms with Crippen molar-refractivity contribution in [3.8, 4) is 11.5 Å². The molecule has 0 aliphatic carbocycles. The predicted molar refractivity (Wildman–Crippen MR) is 67.4 cm³/mol. The average molecular weight is 287 g/mol. The van der Waals surface area contributed by atoms with Gasteiger partial charge in [-0.2, -0.15) is 0 Å². The molecule has 0 spiro atoms. The number of alkyl halides is 1. The Balaban J connectivity index is 2.59. The minimum absolute atomic E-state index is 0.236. The Hall–Kier alpha value is -1.00. The summed E-state index contributed by atoms with van der Waals surface area (Å²) in [5, 5.41) is 9.85. The molecule has 0 aliphatic rings. The Bertz CT molecular complexity index is 328. The lowest BCUT2D eigenvalue weighted by Crippen LogP contribution is -2.18. The molecule has 0 saturated carbocycles. The maximum absolute atomic E-state index is 9.36. The quantitative estimate of drug-likeness (QED) is 0.618. The van der Waals surface area contributed by atoms with Gasteiger partial charge in [0.25, 0.3) is 0 Å². The van der Waals surface area contributed by atoms with Gasteiger partial charge in [0, 0.05) is 5.33 Å². The van der Waals surface area contributed by atoms with Crippen LogP contribution in [0.4, 0.5) is 0 Å². The van der Waals surface area contributed by atoms with Crippen LogP contribution >= 0.6 is 15.9 Å². The number of benzene rings is 1. The van der Waals surface area contributed by atoms with Gasteiger partial charge in [-0.1, -0.05) is 40.7 Å². The fourth-order valence-corrected chi connectivity index (χ4v) is 1.25. The number of aliphatic hydroxyl groups excluding tert-OH is 1. The Labute approximate surface area is 104 Å². The van der Waals surface area contributed by atoms with Crippen LogP contribution in [0.15, 0.2) is 36.9 Å². The van der Waals surface area contributed by atoms with E-state index in [2.05, 4.69) is 22.5 Å².